The minimum atomic E-state index is 0.647. The van der Waals surface area contributed by atoms with Gasteiger partial charge in [0.2, 0.25) is 0 Å². The maximum absolute atomic E-state index is 3.91. The summed E-state index contributed by atoms with van der Waals surface area (Å²) >= 11 is 0. The highest BCUT2D eigenvalue weighted by Crippen LogP contribution is 2.21. The summed E-state index contributed by atoms with van der Waals surface area (Å²) in [7, 11) is 0. The van der Waals surface area contributed by atoms with Crippen molar-refractivity contribution >= 4 is 0 Å². The molecule has 0 N–H and O–H groups in total. The molecule has 1 rings (SSSR count). The van der Waals surface area contributed by atoms with Gasteiger partial charge in [0.25, 0.3) is 0 Å². The van der Waals surface area contributed by atoms with Gasteiger partial charge in [0.05, 0.1) is 0 Å². The van der Waals surface area contributed by atoms with E-state index in [4.69, 9.17) is 0 Å². The van der Waals surface area contributed by atoms with Gasteiger partial charge in [-0.2, -0.15) is 0 Å². The highest BCUT2D eigenvalue weighted by Gasteiger charge is 2.22. The van der Waals surface area contributed by atoms with Crippen molar-refractivity contribution in [3.63, 3.8) is 0 Å². The molecular weight excluding hydrogens is 146 g/mol. The number of rotatable bonds is 3. The van der Waals surface area contributed by atoms with Crippen LogP contribution in [0.2, 0.25) is 0 Å². The van der Waals surface area contributed by atoms with E-state index >= 15 is 0 Å². The molecule has 1 saturated heterocycles. The van der Waals surface area contributed by atoms with Crippen LogP contribution in [-0.4, -0.2) is 23.5 Å². The number of nitrogens with zero attached hydrogens (tertiary/aromatic N) is 1. The lowest BCUT2D eigenvalue weighted by molar-refractivity contribution is 0.128. The summed E-state index contributed by atoms with van der Waals surface area (Å²) in [5.74, 6) is 0. The molecule has 0 spiro atoms. The van der Waals surface area contributed by atoms with Gasteiger partial charge in [-0.3, -0.25) is 4.90 Å². The molecule has 12 heavy (non-hydrogen) atoms. The lowest BCUT2D eigenvalue weighted by atomic mass is 9.99. The van der Waals surface area contributed by atoms with E-state index in [0.717, 1.165) is 6.04 Å². The Labute approximate surface area is 76.5 Å². The largest absolute Gasteiger partial charge is 0.294 e. The summed E-state index contributed by atoms with van der Waals surface area (Å²) in [5.41, 5.74) is 0. The molecule has 0 aliphatic carbocycles. The predicted octanol–water partition coefficient (Wildman–Crippen LogP) is 2.83. The third-order valence-corrected chi connectivity index (χ3v) is 3.02. The second kappa shape index (κ2) is 4.66. The smallest absolute Gasteiger partial charge is 0.0278 e. The van der Waals surface area contributed by atoms with E-state index in [1.165, 1.54) is 32.2 Å². The molecule has 2 atom stereocenters. The zero-order chi connectivity index (χ0) is 8.97. The van der Waals surface area contributed by atoms with Crippen LogP contribution in [0.15, 0.2) is 12.7 Å². The summed E-state index contributed by atoms with van der Waals surface area (Å²) in [6, 6.07) is 1.38. The van der Waals surface area contributed by atoms with E-state index in [1.54, 1.807) is 0 Å². The van der Waals surface area contributed by atoms with Gasteiger partial charge in [-0.05, 0) is 32.7 Å². The van der Waals surface area contributed by atoms with Crippen LogP contribution in [0.5, 0.6) is 0 Å². The summed E-state index contributed by atoms with van der Waals surface area (Å²) in [4.78, 5) is 2.59. The predicted molar refractivity (Wildman–Crippen MR) is 54.3 cm³/mol. The molecular formula is C11H21N. The quantitative estimate of drug-likeness (QED) is 0.584. The van der Waals surface area contributed by atoms with Gasteiger partial charge in [0.15, 0.2) is 0 Å². The minimum absolute atomic E-state index is 0.647. The molecule has 1 heteroatoms. The second-order valence-corrected chi connectivity index (χ2v) is 3.79. The van der Waals surface area contributed by atoms with Gasteiger partial charge in [0, 0.05) is 12.1 Å². The van der Waals surface area contributed by atoms with E-state index in [1.807, 2.05) is 0 Å². The fraction of sp³-hybridized carbons (Fsp3) is 0.818. The molecule has 0 aromatic rings. The van der Waals surface area contributed by atoms with Gasteiger partial charge in [0.1, 0.15) is 0 Å². The highest BCUT2D eigenvalue weighted by atomic mass is 15.2. The van der Waals surface area contributed by atoms with E-state index in [9.17, 15) is 0 Å². The third kappa shape index (κ3) is 2.10. The molecule has 1 aliphatic heterocycles. The zero-order valence-electron chi connectivity index (χ0n) is 8.42. The molecule has 0 bridgehead atoms. The second-order valence-electron chi connectivity index (χ2n) is 3.79. The summed E-state index contributed by atoms with van der Waals surface area (Å²) in [6.45, 7) is 9.76. The number of hydrogen-bond donors (Lipinski definition) is 0. The standard InChI is InChI=1S/C11H21N/c1-4-10(3)12-9-7-6-8-11(12)5-2/h5,10-11H,2,4,6-9H2,1,3H3. The lowest BCUT2D eigenvalue weighted by Crippen LogP contribution is -2.43. The fourth-order valence-electron chi connectivity index (χ4n) is 2.01. The van der Waals surface area contributed by atoms with Gasteiger partial charge < -0.3 is 0 Å². The monoisotopic (exact) mass is 167 g/mol. The first-order valence-corrected chi connectivity index (χ1v) is 5.18. The lowest BCUT2D eigenvalue weighted by Gasteiger charge is -2.38. The van der Waals surface area contributed by atoms with E-state index in [0.29, 0.717) is 6.04 Å². The van der Waals surface area contributed by atoms with Crippen molar-refractivity contribution in [3.8, 4) is 0 Å². The van der Waals surface area contributed by atoms with Crippen molar-refractivity contribution in [2.45, 2.75) is 51.6 Å². The van der Waals surface area contributed by atoms with Crippen LogP contribution >= 0.6 is 0 Å². The van der Waals surface area contributed by atoms with Crippen LogP contribution in [0.25, 0.3) is 0 Å². The maximum Gasteiger partial charge on any atom is 0.0278 e. The van der Waals surface area contributed by atoms with Crippen LogP contribution in [0.1, 0.15) is 39.5 Å². The Hall–Kier alpha value is -0.300. The van der Waals surface area contributed by atoms with Crippen LogP contribution in [-0.2, 0) is 0 Å². The number of likely N-dealkylation sites (tertiary alicyclic amines) is 1. The van der Waals surface area contributed by atoms with Crippen LogP contribution in [0, 0.1) is 0 Å². The average Bonchev–Trinajstić information content (AvgIpc) is 2.16. The Morgan fingerprint density at radius 1 is 1.58 bits per heavy atom. The zero-order valence-corrected chi connectivity index (χ0v) is 8.42. The molecule has 1 nitrogen and oxygen atoms in total. The molecule has 1 fully saturated rings. The van der Waals surface area contributed by atoms with Crippen molar-refractivity contribution in [3.05, 3.63) is 12.7 Å². The minimum Gasteiger partial charge on any atom is -0.294 e. The molecule has 0 saturated carbocycles. The molecule has 0 aromatic heterocycles. The maximum atomic E-state index is 3.91. The van der Waals surface area contributed by atoms with Crippen LogP contribution in [0.3, 0.4) is 0 Å². The molecule has 0 amide bonds. The first kappa shape index (κ1) is 9.79. The Kier molecular flexibility index (Phi) is 3.80. The van der Waals surface area contributed by atoms with E-state index < -0.39 is 0 Å². The van der Waals surface area contributed by atoms with Crippen molar-refractivity contribution in [2.75, 3.05) is 6.54 Å². The first-order chi connectivity index (χ1) is 5.79. The Morgan fingerprint density at radius 2 is 2.33 bits per heavy atom. The van der Waals surface area contributed by atoms with E-state index in [2.05, 4.69) is 31.4 Å². The van der Waals surface area contributed by atoms with E-state index in [-0.39, 0.29) is 0 Å². The van der Waals surface area contributed by atoms with Crippen molar-refractivity contribution in [2.24, 2.45) is 0 Å². The molecule has 0 radical (unpaired) electrons. The Bertz CT molecular complexity index is 142. The molecule has 1 aliphatic rings. The summed E-state index contributed by atoms with van der Waals surface area (Å²) in [6.07, 6.45) is 7.43. The average molecular weight is 167 g/mol. The third-order valence-electron chi connectivity index (χ3n) is 3.02. The number of piperidine rings is 1. The normalized spacial score (nSPS) is 28.3. The fourth-order valence-corrected chi connectivity index (χ4v) is 2.01. The van der Waals surface area contributed by atoms with Crippen molar-refractivity contribution in [1.29, 1.82) is 0 Å². The molecule has 1 heterocycles. The molecule has 0 aromatic carbocycles. The van der Waals surface area contributed by atoms with Gasteiger partial charge in [-0.15, -0.1) is 6.58 Å². The molecule has 70 valence electrons. The van der Waals surface area contributed by atoms with Gasteiger partial charge >= 0.3 is 0 Å². The van der Waals surface area contributed by atoms with Crippen molar-refractivity contribution in [1.82, 2.24) is 4.90 Å². The molecule has 2 unspecified atom stereocenters. The number of hydrogen-bond acceptors (Lipinski definition) is 1. The van der Waals surface area contributed by atoms with Crippen molar-refractivity contribution < 1.29 is 0 Å². The Morgan fingerprint density at radius 3 is 2.92 bits per heavy atom. The van der Waals surface area contributed by atoms with Gasteiger partial charge in [-0.1, -0.05) is 19.4 Å². The van der Waals surface area contributed by atoms with Gasteiger partial charge in [-0.25, -0.2) is 0 Å². The summed E-state index contributed by atoms with van der Waals surface area (Å²) in [5, 5.41) is 0. The highest BCUT2D eigenvalue weighted by molar-refractivity contribution is 4.92. The topological polar surface area (TPSA) is 3.24 Å². The summed E-state index contributed by atoms with van der Waals surface area (Å²) < 4.78 is 0. The SMILES string of the molecule is C=CC1CCCCN1C(C)CC. The Balaban J connectivity index is 2.51. The first-order valence-electron chi connectivity index (χ1n) is 5.18. The van der Waals surface area contributed by atoms with Crippen LogP contribution in [0.4, 0.5) is 0 Å². The van der Waals surface area contributed by atoms with Crippen LogP contribution < -0.4 is 0 Å².